The molecule has 0 heterocycles. The minimum atomic E-state index is -0.111. The molecule has 5 heteroatoms. The first-order valence-corrected chi connectivity index (χ1v) is 6.59. The first-order valence-electron chi connectivity index (χ1n) is 6.21. The second kappa shape index (κ2) is 8.91. The lowest BCUT2D eigenvalue weighted by Crippen LogP contribution is -2.13. The van der Waals surface area contributed by atoms with Crippen LogP contribution in [0.3, 0.4) is 0 Å². The van der Waals surface area contributed by atoms with Crippen LogP contribution in [0.4, 0.5) is 0 Å². The van der Waals surface area contributed by atoms with E-state index in [9.17, 15) is 4.79 Å². The molecule has 1 aromatic carbocycles. The highest BCUT2D eigenvalue weighted by Crippen LogP contribution is 2.25. The third-order valence-corrected chi connectivity index (χ3v) is 2.72. The molecule has 0 amide bonds. The van der Waals surface area contributed by atoms with Crippen LogP contribution < -0.4 is 4.74 Å². The second-order valence-electron chi connectivity index (χ2n) is 3.94. The third kappa shape index (κ3) is 5.59. The molecule has 0 saturated heterocycles. The van der Waals surface area contributed by atoms with Crippen LogP contribution in [0.25, 0.3) is 0 Å². The van der Waals surface area contributed by atoms with Gasteiger partial charge in [0.05, 0.1) is 25.3 Å². The fraction of sp³-hybridized carbons (Fsp3) is 0.500. The number of halogens is 1. The van der Waals surface area contributed by atoms with Gasteiger partial charge in [-0.15, -0.1) is 0 Å². The van der Waals surface area contributed by atoms with E-state index in [-0.39, 0.29) is 12.4 Å². The largest absolute Gasteiger partial charge is 0.495 e. The van der Waals surface area contributed by atoms with Crippen LogP contribution >= 0.6 is 11.6 Å². The summed E-state index contributed by atoms with van der Waals surface area (Å²) in [6.45, 7) is 3.70. The standard InChI is InChI=1S/C14H19ClO4/c1-3-6-18-7-8-19-10-13(16)11-4-5-14(17-2)12(15)9-11/h4-5,9H,3,6-8,10H2,1-2H3. The number of ketones is 1. The van der Waals surface area contributed by atoms with Crippen LogP contribution in [0.2, 0.25) is 5.02 Å². The van der Waals surface area contributed by atoms with Crippen LogP contribution in [0.5, 0.6) is 5.75 Å². The Morgan fingerprint density at radius 1 is 1.21 bits per heavy atom. The van der Waals surface area contributed by atoms with E-state index in [0.717, 1.165) is 6.42 Å². The number of carbonyl (C=O) groups excluding carboxylic acids is 1. The summed E-state index contributed by atoms with van der Waals surface area (Å²) in [7, 11) is 1.53. The molecule has 19 heavy (non-hydrogen) atoms. The Kier molecular flexibility index (Phi) is 7.48. The molecule has 0 aliphatic heterocycles. The average Bonchev–Trinajstić information content (AvgIpc) is 2.42. The first-order chi connectivity index (χ1) is 9.19. The number of carbonyl (C=O) groups is 1. The molecule has 4 nitrogen and oxygen atoms in total. The predicted octanol–water partition coefficient (Wildman–Crippen LogP) is 2.97. The lowest BCUT2D eigenvalue weighted by molar-refractivity contribution is 0.0441. The van der Waals surface area contributed by atoms with Crippen molar-refractivity contribution in [3.05, 3.63) is 28.8 Å². The maximum atomic E-state index is 11.8. The molecule has 0 bridgehead atoms. The molecule has 0 N–H and O–H groups in total. The van der Waals surface area contributed by atoms with Gasteiger partial charge in [-0.2, -0.15) is 0 Å². The number of hydrogen-bond acceptors (Lipinski definition) is 4. The van der Waals surface area contributed by atoms with Crippen molar-refractivity contribution in [3.8, 4) is 5.75 Å². The molecular weight excluding hydrogens is 268 g/mol. The molecule has 0 spiro atoms. The molecule has 0 aromatic heterocycles. The van der Waals surface area contributed by atoms with Crippen LogP contribution in [0.15, 0.2) is 18.2 Å². The monoisotopic (exact) mass is 286 g/mol. The molecule has 0 unspecified atom stereocenters. The highest BCUT2D eigenvalue weighted by atomic mass is 35.5. The molecule has 0 radical (unpaired) electrons. The van der Waals surface area contributed by atoms with Gasteiger partial charge < -0.3 is 14.2 Å². The van der Waals surface area contributed by atoms with E-state index in [4.69, 9.17) is 25.8 Å². The van der Waals surface area contributed by atoms with E-state index in [0.29, 0.717) is 36.2 Å². The number of ether oxygens (including phenoxy) is 3. The summed E-state index contributed by atoms with van der Waals surface area (Å²) >= 11 is 5.95. The van der Waals surface area contributed by atoms with Gasteiger partial charge in [0, 0.05) is 12.2 Å². The molecule has 0 aliphatic carbocycles. The topological polar surface area (TPSA) is 44.8 Å². The average molecular weight is 287 g/mol. The van der Waals surface area contributed by atoms with E-state index in [1.54, 1.807) is 18.2 Å². The van der Waals surface area contributed by atoms with Crippen molar-refractivity contribution in [1.82, 2.24) is 0 Å². The van der Waals surface area contributed by atoms with E-state index in [1.807, 2.05) is 6.92 Å². The summed E-state index contributed by atoms with van der Waals surface area (Å²) in [5.74, 6) is 0.437. The zero-order valence-electron chi connectivity index (χ0n) is 11.3. The van der Waals surface area contributed by atoms with Crippen molar-refractivity contribution < 1.29 is 19.0 Å². The van der Waals surface area contributed by atoms with E-state index in [1.165, 1.54) is 7.11 Å². The zero-order valence-corrected chi connectivity index (χ0v) is 12.0. The van der Waals surface area contributed by atoms with Gasteiger partial charge in [-0.05, 0) is 24.6 Å². The van der Waals surface area contributed by atoms with Gasteiger partial charge in [-0.25, -0.2) is 0 Å². The number of Topliss-reactive ketones (excluding diaryl/α,β-unsaturated/α-hetero) is 1. The van der Waals surface area contributed by atoms with Crippen LogP contribution in [-0.2, 0) is 9.47 Å². The second-order valence-corrected chi connectivity index (χ2v) is 4.34. The molecular formula is C14H19ClO4. The fourth-order valence-corrected chi connectivity index (χ4v) is 1.71. The van der Waals surface area contributed by atoms with Crippen molar-refractivity contribution in [1.29, 1.82) is 0 Å². The van der Waals surface area contributed by atoms with Crippen LogP contribution in [0.1, 0.15) is 23.7 Å². The summed E-state index contributed by atoms with van der Waals surface area (Å²) in [6, 6.07) is 4.92. The number of rotatable bonds is 9. The van der Waals surface area contributed by atoms with Gasteiger partial charge in [0.1, 0.15) is 12.4 Å². The van der Waals surface area contributed by atoms with Gasteiger partial charge in [-0.1, -0.05) is 18.5 Å². The molecule has 0 aliphatic rings. The Labute approximate surface area is 118 Å². The van der Waals surface area contributed by atoms with Crippen molar-refractivity contribution >= 4 is 17.4 Å². The normalized spacial score (nSPS) is 10.5. The van der Waals surface area contributed by atoms with E-state index >= 15 is 0 Å². The minimum absolute atomic E-state index is 0.0259. The van der Waals surface area contributed by atoms with E-state index < -0.39 is 0 Å². The maximum Gasteiger partial charge on any atom is 0.188 e. The Bertz CT molecular complexity index is 406. The summed E-state index contributed by atoms with van der Waals surface area (Å²) in [4.78, 5) is 11.8. The number of methoxy groups -OCH3 is 1. The highest BCUT2D eigenvalue weighted by molar-refractivity contribution is 6.32. The summed E-state index contributed by atoms with van der Waals surface area (Å²) < 4.78 is 15.5. The van der Waals surface area contributed by atoms with Gasteiger partial charge in [0.25, 0.3) is 0 Å². The molecule has 0 fully saturated rings. The summed E-state index contributed by atoms with van der Waals surface area (Å²) in [5, 5.41) is 0.416. The Balaban J connectivity index is 2.35. The predicted molar refractivity (Wildman–Crippen MR) is 74.3 cm³/mol. The fourth-order valence-electron chi connectivity index (χ4n) is 1.45. The van der Waals surface area contributed by atoms with Gasteiger partial charge in [-0.3, -0.25) is 4.79 Å². The third-order valence-electron chi connectivity index (χ3n) is 2.43. The Morgan fingerprint density at radius 2 is 1.95 bits per heavy atom. The first kappa shape index (κ1) is 16.0. The van der Waals surface area contributed by atoms with Crippen molar-refractivity contribution in [2.24, 2.45) is 0 Å². The summed E-state index contributed by atoms with van der Waals surface area (Å²) in [5.41, 5.74) is 0.514. The van der Waals surface area contributed by atoms with Crippen molar-refractivity contribution in [2.45, 2.75) is 13.3 Å². The number of hydrogen-bond donors (Lipinski definition) is 0. The zero-order chi connectivity index (χ0) is 14.1. The van der Waals surface area contributed by atoms with Crippen molar-refractivity contribution in [3.63, 3.8) is 0 Å². The quantitative estimate of drug-likeness (QED) is 0.517. The highest BCUT2D eigenvalue weighted by Gasteiger charge is 2.09. The molecule has 0 atom stereocenters. The summed E-state index contributed by atoms with van der Waals surface area (Å²) in [6.07, 6.45) is 0.975. The van der Waals surface area contributed by atoms with Gasteiger partial charge in [0.2, 0.25) is 0 Å². The van der Waals surface area contributed by atoms with E-state index in [2.05, 4.69) is 0 Å². The Hall–Kier alpha value is -1.10. The number of benzene rings is 1. The molecule has 106 valence electrons. The Morgan fingerprint density at radius 3 is 2.58 bits per heavy atom. The smallest absolute Gasteiger partial charge is 0.188 e. The minimum Gasteiger partial charge on any atom is -0.495 e. The maximum absolute atomic E-state index is 11.8. The van der Waals surface area contributed by atoms with Crippen molar-refractivity contribution in [2.75, 3.05) is 33.5 Å². The SMILES string of the molecule is CCCOCCOCC(=O)c1ccc(OC)c(Cl)c1. The lowest BCUT2D eigenvalue weighted by atomic mass is 10.1. The molecule has 1 rings (SSSR count). The van der Waals surface area contributed by atoms with Gasteiger partial charge in [0.15, 0.2) is 5.78 Å². The van der Waals surface area contributed by atoms with Gasteiger partial charge >= 0.3 is 0 Å². The lowest BCUT2D eigenvalue weighted by Gasteiger charge is -2.07. The molecule has 0 saturated carbocycles. The molecule has 1 aromatic rings. The van der Waals surface area contributed by atoms with Crippen LogP contribution in [0, 0.1) is 0 Å². The van der Waals surface area contributed by atoms with Crippen LogP contribution in [-0.4, -0.2) is 39.3 Å².